The zero-order chi connectivity index (χ0) is 11.5. The second-order valence-electron chi connectivity index (χ2n) is 4.42. The van der Waals surface area contributed by atoms with E-state index < -0.39 is 0 Å². The minimum Gasteiger partial charge on any atom is -0.348 e. The Kier molecular flexibility index (Phi) is 2.88. The van der Waals surface area contributed by atoms with E-state index >= 15 is 0 Å². The van der Waals surface area contributed by atoms with Gasteiger partial charge in [0.2, 0.25) is 0 Å². The number of aryl methyl sites for hydroxylation is 1. The third-order valence-electron chi connectivity index (χ3n) is 3.32. The highest BCUT2D eigenvalue weighted by molar-refractivity contribution is 5.20. The molecule has 2 aromatic heterocycles. The van der Waals surface area contributed by atoms with Crippen molar-refractivity contribution in [3.8, 4) is 0 Å². The van der Waals surface area contributed by atoms with E-state index in [9.17, 15) is 0 Å². The van der Waals surface area contributed by atoms with Crippen molar-refractivity contribution in [2.24, 2.45) is 0 Å². The van der Waals surface area contributed by atoms with E-state index in [4.69, 9.17) is 0 Å². The fraction of sp³-hybridized carbons (Fsp3) is 0.385. The molecule has 0 aliphatic carbocycles. The van der Waals surface area contributed by atoms with Gasteiger partial charge in [-0.25, -0.2) is 4.98 Å². The molecule has 1 aliphatic rings. The number of aromatic amines is 1. The summed E-state index contributed by atoms with van der Waals surface area (Å²) >= 11 is 0. The Labute approximate surface area is 101 Å². The molecule has 17 heavy (non-hydrogen) atoms. The van der Waals surface area contributed by atoms with Crippen LogP contribution in [0, 0.1) is 0 Å². The van der Waals surface area contributed by atoms with Gasteiger partial charge in [-0.05, 0) is 30.5 Å². The highest BCUT2D eigenvalue weighted by Crippen LogP contribution is 2.23. The lowest BCUT2D eigenvalue weighted by molar-refractivity contribution is 0.464. The summed E-state index contributed by atoms with van der Waals surface area (Å²) in [6.07, 6.45) is 8.71. The summed E-state index contributed by atoms with van der Waals surface area (Å²) in [7, 11) is 0. The van der Waals surface area contributed by atoms with Crippen molar-refractivity contribution in [1.29, 1.82) is 0 Å². The molecule has 4 nitrogen and oxygen atoms in total. The second kappa shape index (κ2) is 4.67. The Bertz CT molecular complexity index is 477. The molecule has 3 rings (SSSR count). The zero-order valence-electron chi connectivity index (χ0n) is 9.69. The molecule has 2 N–H and O–H groups in total. The highest BCUT2D eigenvalue weighted by Gasteiger charge is 2.21. The van der Waals surface area contributed by atoms with E-state index in [0.717, 1.165) is 25.8 Å². The molecule has 0 amide bonds. The number of nitrogens with zero attached hydrogens (tertiary/aromatic N) is 2. The van der Waals surface area contributed by atoms with Crippen LogP contribution in [-0.2, 0) is 12.8 Å². The predicted octanol–water partition coefficient (Wildman–Crippen LogP) is 1.62. The first-order chi connectivity index (χ1) is 8.43. The third kappa shape index (κ3) is 2.22. The van der Waals surface area contributed by atoms with Crippen LogP contribution in [0.5, 0.6) is 0 Å². The van der Waals surface area contributed by atoms with E-state index in [2.05, 4.69) is 32.4 Å². The smallest absolute Gasteiger partial charge is 0.0925 e. The van der Waals surface area contributed by atoms with Crippen LogP contribution in [0.25, 0.3) is 0 Å². The first-order valence-electron chi connectivity index (χ1n) is 6.08. The molecule has 0 aromatic carbocycles. The summed E-state index contributed by atoms with van der Waals surface area (Å²) in [5.41, 5.74) is 3.83. The Morgan fingerprint density at radius 2 is 2.18 bits per heavy atom. The molecular formula is C13H16N4. The van der Waals surface area contributed by atoms with Crippen molar-refractivity contribution in [3.05, 3.63) is 47.8 Å². The number of H-pyrrole nitrogens is 1. The van der Waals surface area contributed by atoms with Gasteiger partial charge in [-0.15, -0.1) is 0 Å². The minimum absolute atomic E-state index is 0.387. The fourth-order valence-corrected chi connectivity index (χ4v) is 2.40. The van der Waals surface area contributed by atoms with Crippen molar-refractivity contribution >= 4 is 0 Å². The van der Waals surface area contributed by atoms with Crippen molar-refractivity contribution in [3.63, 3.8) is 0 Å². The Morgan fingerprint density at radius 3 is 3.06 bits per heavy atom. The molecule has 0 bridgehead atoms. The number of nitrogens with one attached hydrogen (secondary N) is 2. The van der Waals surface area contributed by atoms with Crippen LogP contribution in [-0.4, -0.2) is 21.5 Å². The molecule has 0 saturated heterocycles. The lowest BCUT2D eigenvalue weighted by atomic mass is 9.99. The molecule has 3 heterocycles. The average Bonchev–Trinajstić information content (AvgIpc) is 2.86. The van der Waals surface area contributed by atoms with Crippen LogP contribution >= 0.6 is 0 Å². The number of fused-ring (bicyclic) bond motifs is 1. The normalized spacial score (nSPS) is 18.9. The van der Waals surface area contributed by atoms with Gasteiger partial charge in [-0.3, -0.25) is 4.98 Å². The number of rotatable bonds is 3. The van der Waals surface area contributed by atoms with E-state index in [1.807, 2.05) is 12.4 Å². The first-order valence-corrected chi connectivity index (χ1v) is 6.08. The molecule has 2 aromatic rings. The summed E-state index contributed by atoms with van der Waals surface area (Å²) in [6, 6.07) is 4.54. The second-order valence-corrected chi connectivity index (χ2v) is 4.42. The summed E-state index contributed by atoms with van der Waals surface area (Å²) in [4.78, 5) is 11.7. The quantitative estimate of drug-likeness (QED) is 0.839. The minimum atomic E-state index is 0.387. The van der Waals surface area contributed by atoms with Crippen molar-refractivity contribution < 1.29 is 0 Å². The maximum absolute atomic E-state index is 4.42. The Morgan fingerprint density at radius 1 is 1.29 bits per heavy atom. The van der Waals surface area contributed by atoms with Crippen molar-refractivity contribution in [1.82, 2.24) is 20.3 Å². The monoisotopic (exact) mass is 228 g/mol. The summed E-state index contributed by atoms with van der Waals surface area (Å²) < 4.78 is 0. The molecule has 1 aliphatic heterocycles. The van der Waals surface area contributed by atoms with Gasteiger partial charge < -0.3 is 10.3 Å². The zero-order valence-corrected chi connectivity index (χ0v) is 9.69. The van der Waals surface area contributed by atoms with Crippen molar-refractivity contribution in [2.75, 3.05) is 6.54 Å². The molecule has 0 spiro atoms. The number of hydrogen-bond donors (Lipinski definition) is 2. The van der Waals surface area contributed by atoms with Gasteiger partial charge in [0.15, 0.2) is 0 Å². The average molecular weight is 228 g/mol. The van der Waals surface area contributed by atoms with Crippen LogP contribution in [0.3, 0.4) is 0 Å². The molecular weight excluding hydrogens is 212 g/mol. The number of aromatic nitrogens is 3. The first kappa shape index (κ1) is 10.5. The molecule has 0 saturated carbocycles. The summed E-state index contributed by atoms with van der Waals surface area (Å²) in [5, 5.41) is 3.53. The topological polar surface area (TPSA) is 53.6 Å². The van der Waals surface area contributed by atoms with Crippen LogP contribution < -0.4 is 5.32 Å². The standard InChI is InChI=1S/C13H16N4/c1(10-3-6-14-7-4-10)2-11-13-12(5-8-15-11)16-9-17-13/h3-4,6-7,9,11,15H,1-2,5,8H2,(H,16,17). The predicted molar refractivity (Wildman–Crippen MR) is 65.6 cm³/mol. The van der Waals surface area contributed by atoms with Gasteiger partial charge in [0.25, 0.3) is 0 Å². The van der Waals surface area contributed by atoms with Gasteiger partial charge in [0.05, 0.1) is 18.1 Å². The van der Waals surface area contributed by atoms with E-state index in [1.54, 1.807) is 6.33 Å². The largest absolute Gasteiger partial charge is 0.348 e. The van der Waals surface area contributed by atoms with Crippen LogP contribution in [0.15, 0.2) is 30.9 Å². The van der Waals surface area contributed by atoms with E-state index in [0.29, 0.717) is 6.04 Å². The van der Waals surface area contributed by atoms with Gasteiger partial charge in [0.1, 0.15) is 0 Å². The van der Waals surface area contributed by atoms with Gasteiger partial charge in [-0.2, -0.15) is 0 Å². The lowest BCUT2D eigenvalue weighted by Crippen LogP contribution is -2.30. The van der Waals surface area contributed by atoms with Gasteiger partial charge in [0, 0.05) is 31.1 Å². The summed E-state index contributed by atoms with van der Waals surface area (Å²) in [6.45, 7) is 1.04. The van der Waals surface area contributed by atoms with E-state index in [-0.39, 0.29) is 0 Å². The Hall–Kier alpha value is -1.68. The SMILES string of the molecule is c1cc(CCC2NCCc3[nH]cnc32)ccn1. The van der Waals surface area contributed by atoms with E-state index in [1.165, 1.54) is 17.0 Å². The molecule has 0 fully saturated rings. The molecule has 4 heteroatoms. The lowest BCUT2D eigenvalue weighted by Gasteiger charge is -2.22. The maximum atomic E-state index is 4.42. The fourth-order valence-electron chi connectivity index (χ4n) is 2.40. The molecule has 0 radical (unpaired) electrons. The molecule has 1 atom stereocenters. The van der Waals surface area contributed by atoms with Crippen LogP contribution in [0.4, 0.5) is 0 Å². The van der Waals surface area contributed by atoms with Crippen LogP contribution in [0.1, 0.15) is 29.4 Å². The van der Waals surface area contributed by atoms with Crippen molar-refractivity contribution in [2.45, 2.75) is 25.3 Å². The highest BCUT2D eigenvalue weighted by atomic mass is 15.0. The number of pyridine rings is 1. The third-order valence-corrected chi connectivity index (χ3v) is 3.32. The van der Waals surface area contributed by atoms with Gasteiger partial charge >= 0.3 is 0 Å². The summed E-state index contributed by atoms with van der Waals surface area (Å²) in [5.74, 6) is 0. The van der Waals surface area contributed by atoms with Gasteiger partial charge in [-0.1, -0.05) is 0 Å². The number of hydrogen-bond acceptors (Lipinski definition) is 3. The van der Waals surface area contributed by atoms with Crippen LogP contribution in [0.2, 0.25) is 0 Å². The molecule has 1 unspecified atom stereocenters. The molecule has 88 valence electrons. The maximum Gasteiger partial charge on any atom is 0.0925 e. The number of imidazole rings is 1. The Balaban J connectivity index is 1.68.